The minimum atomic E-state index is -3.57. The zero-order chi connectivity index (χ0) is 17.6. The van der Waals surface area contributed by atoms with E-state index in [4.69, 9.17) is 9.47 Å². The van der Waals surface area contributed by atoms with Crippen LogP contribution in [0.25, 0.3) is 0 Å². The number of ether oxygens (including phenoxy) is 2. The van der Waals surface area contributed by atoms with Gasteiger partial charge in [-0.2, -0.15) is 0 Å². The van der Waals surface area contributed by atoms with Gasteiger partial charge >= 0.3 is 0 Å². The first-order valence-electron chi connectivity index (χ1n) is 7.28. The van der Waals surface area contributed by atoms with Crippen LogP contribution in [-0.2, 0) is 10.0 Å². The molecule has 0 atom stereocenters. The Balaban J connectivity index is 1.91. The molecule has 0 fully saturated rings. The molecule has 0 aromatic heterocycles. The van der Waals surface area contributed by atoms with E-state index in [0.717, 1.165) is 0 Å². The first kappa shape index (κ1) is 17.8. The van der Waals surface area contributed by atoms with Crippen LogP contribution in [0.15, 0.2) is 48.5 Å². The van der Waals surface area contributed by atoms with Crippen molar-refractivity contribution < 1.29 is 22.7 Å². The maximum Gasteiger partial charge on any atom is 0.236 e. The fraction of sp³-hybridized carbons (Fsp3) is 0.235. The molecule has 2 aromatic rings. The molecular formula is C17H19NO5S. The quantitative estimate of drug-likeness (QED) is 0.741. The molecule has 0 aliphatic carbocycles. The van der Waals surface area contributed by atoms with E-state index in [1.807, 2.05) is 0 Å². The number of Topliss-reactive ketones (excluding diaryl/α,β-unsaturated/α-hetero) is 1. The molecule has 2 aromatic carbocycles. The Labute approximate surface area is 141 Å². The molecule has 0 saturated carbocycles. The Morgan fingerprint density at radius 2 is 1.75 bits per heavy atom. The summed E-state index contributed by atoms with van der Waals surface area (Å²) in [6.45, 7) is 1.43. The Kier molecular flexibility index (Phi) is 5.81. The fourth-order valence-electron chi connectivity index (χ4n) is 1.97. The van der Waals surface area contributed by atoms with E-state index < -0.39 is 10.0 Å². The number of hydrogen-bond acceptors (Lipinski definition) is 5. The lowest BCUT2D eigenvalue weighted by Gasteiger charge is -2.10. The number of anilines is 1. The lowest BCUT2D eigenvalue weighted by molar-refractivity contribution is 0.101. The van der Waals surface area contributed by atoms with Crippen molar-refractivity contribution in [3.05, 3.63) is 54.1 Å². The van der Waals surface area contributed by atoms with Crippen LogP contribution >= 0.6 is 0 Å². The number of rotatable bonds is 8. The van der Waals surface area contributed by atoms with Crippen molar-refractivity contribution in [3.8, 4) is 11.5 Å². The van der Waals surface area contributed by atoms with Crippen LogP contribution in [0.2, 0.25) is 0 Å². The molecule has 0 aliphatic heterocycles. The van der Waals surface area contributed by atoms with Gasteiger partial charge in [0.1, 0.15) is 23.9 Å². The highest BCUT2D eigenvalue weighted by molar-refractivity contribution is 7.92. The summed E-state index contributed by atoms with van der Waals surface area (Å²) in [5.74, 6) is 0.925. The molecule has 0 unspecified atom stereocenters. The maximum absolute atomic E-state index is 12.1. The van der Waals surface area contributed by atoms with Gasteiger partial charge in [-0.1, -0.05) is 12.1 Å². The normalized spacial score (nSPS) is 10.9. The molecule has 24 heavy (non-hydrogen) atoms. The second-order valence-corrected chi connectivity index (χ2v) is 6.92. The highest BCUT2D eigenvalue weighted by atomic mass is 32.2. The minimum Gasteiger partial charge on any atom is -0.497 e. The average Bonchev–Trinajstić information content (AvgIpc) is 2.55. The number of ketones is 1. The molecule has 0 spiro atoms. The zero-order valence-electron chi connectivity index (χ0n) is 13.5. The van der Waals surface area contributed by atoms with Gasteiger partial charge in [-0.05, 0) is 43.3 Å². The third kappa shape index (κ3) is 5.27. The van der Waals surface area contributed by atoms with E-state index in [1.54, 1.807) is 49.6 Å². The van der Waals surface area contributed by atoms with E-state index in [1.165, 1.54) is 13.0 Å². The van der Waals surface area contributed by atoms with Crippen LogP contribution in [0.3, 0.4) is 0 Å². The Morgan fingerprint density at radius 3 is 2.38 bits per heavy atom. The standard InChI is InChI=1S/C17H19NO5S/c1-13(19)14-4-3-5-15(12-14)18-24(20,21)11-10-23-17-8-6-16(22-2)7-9-17/h3-9,12,18H,10-11H2,1-2H3. The Morgan fingerprint density at radius 1 is 1.08 bits per heavy atom. The number of benzene rings is 2. The lowest BCUT2D eigenvalue weighted by Crippen LogP contribution is -2.21. The maximum atomic E-state index is 12.1. The van der Waals surface area contributed by atoms with Gasteiger partial charge in [0.2, 0.25) is 10.0 Å². The predicted octanol–water partition coefficient (Wildman–Crippen LogP) is 2.72. The zero-order valence-corrected chi connectivity index (χ0v) is 14.3. The summed E-state index contributed by atoms with van der Waals surface area (Å²) in [4.78, 5) is 11.3. The van der Waals surface area contributed by atoms with E-state index in [9.17, 15) is 13.2 Å². The largest absolute Gasteiger partial charge is 0.497 e. The third-order valence-electron chi connectivity index (χ3n) is 3.22. The van der Waals surface area contributed by atoms with Gasteiger partial charge in [-0.25, -0.2) is 8.42 Å². The monoisotopic (exact) mass is 349 g/mol. The summed E-state index contributed by atoms with van der Waals surface area (Å²) in [5.41, 5.74) is 0.803. The van der Waals surface area contributed by atoms with Gasteiger partial charge in [-0.15, -0.1) is 0 Å². The Bertz CT molecular complexity index is 800. The van der Waals surface area contributed by atoms with Crippen molar-refractivity contribution in [2.45, 2.75) is 6.92 Å². The SMILES string of the molecule is COc1ccc(OCCS(=O)(=O)Nc2cccc(C(C)=O)c2)cc1. The second-order valence-electron chi connectivity index (χ2n) is 5.08. The van der Waals surface area contributed by atoms with Crippen LogP contribution in [0.5, 0.6) is 11.5 Å². The molecule has 0 radical (unpaired) electrons. The summed E-state index contributed by atoms with van der Waals surface area (Å²) in [5, 5.41) is 0. The lowest BCUT2D eigenvalue weighted by atomic mass is 10.1. The van der Waals surface area contributed by atoms with Crippen molar-refractivity contribution >= 4 is 21.5 Å². The number of hydrogen-bond donors (Lipinski definition) is 1. The average molecular weight is 349 g/mol. The van der Waals surface area contributed by atoms with Crippen LogP contribution in [0.1, 0.15) is 17.3 Å². The van der Waals surface area contributed by atoms with Gasteiger partial charge in [0, 0.05) is 11.3 Å². The number of carbonyl (C=O) groups is 1. The molecule has 0 aliphatic rings. The molecule has 0 heterocycles. The molecule has 2 rings (SSSR count). The minimum absolute atomic E-state index is 0.00800. The highest BCUT2D eigenvalue weighted by Gasteiger charge is 2.12. The topological polar surface area (TPSA) is 81.7 Å². The highest BCUT2D eigenvalue weighted by Crippen LogP contribution is 2.17. The van der Waals surface area contributed by atoms with Crippen LogP contribution < -0.4 is 14.2 Å². The van der Waals surface area contributed by atoms with Crippen LogP contribution in [0.4, 0.5) is 5.69 Å². The summed E-state index contributed by atoms with van der Waals surface area (Å²) in [6, 6.07) is 13.2. The number of carbonyl (C=O) groups excluding carboxylic acids is 1. The Hall–Kier alpha value is -2.54. The van der Waals surface area contributed by atoms with Gasteiger partial charge in [0.15, 0.2) is 5.78 Å². The van der Waals surface area contributed by atoms with Crippen LogP contribution in [0, 0.1) is 0 Å². The molecule has 1 N–H and O–H groups in total. The summed E-state index contributed by atoms with van der Waals surface area (Å²) >= 11 is 0. The number of sulfonamides is 1. The molecule has 0 bridgehead atoms. The van der Waals surface area contributed by atoms with Crippen molar-refractivity contribution in [1.82, 2.24) is 0 Å². The summed E-state index contributed by atoms with van der Waals surface area (Å²) in [6.07, 6.45) is 0. The van der Waals surface area contributed by atoms with E-state index in [-0.39, 0.29) is 18.1 Å². The van der Waals surface area contributed by atoms with E-state index >= 15 is 0 Å². The van der Waals surface area contributed by atoms with Gasteiger partial charge in [0.05, 0.1) is 7.11 Å². The van der Waals surface area contributed by atoms with Crippen molar-refractivity contribution in [1.29, 1.82) is 0 Å². The first-order valence-corrected chi connectivity index (χ1v) is 8.93. The third-order valence-corrected chi connectivity index (χ3v) is 4.47. The molecule has 7 heteroatoms. The van der Waals surface area contributed by atoms with Gasteiger partial charge in [-0.3, -0.25) is 9.52 Å². The van der Waals surface area contributed by atoms with Gasteiger partial charge in [0.25, 0.3) is 0 Å². The second kappa shape index (κ2) is 7.83. The fourth-order valence-corrected chi connectivity index (χ4v) is 2.86. The first-order chi connectivity index (χ1) is 11.4. The van der Waals surface area contributed by atoms with Crippen LogP contribution in [-0.4, -0.2) is 33.7 Å². The van der Waals surface area contributed by atoms with E-state index in [2.05, 4.69) is 4.72 Å². The molecule has 128 valence electrons. The smallest absolute Gasteiger partial charge is 0.236 e. The van der Waals surface area contributed by atoms with Crippen molar-refractivity contribution in [3.63, 3.8) is 0 Å². The van der Waals surface area contributed by atoms with Crippen molar-refractivity contribution in [2.24, 2.45) is 0 Å². The molecule has 6 nitrogen and oxygen atoms in total. The predicted molar refractivity (Wildman–Crippen MR) is 92.3 cm³/mol. The summed E-state index contributed by atoms with van der Waals surface area (Å²) < 4.78 is 37.0. The van der Waals surface area contributed by atoms with E-state index in [0.29, 0.717) is 22.7 Å². The van der Waals surface area contributed by atoms with Gasteiger partial charge < -0.3 is 9.47 Å². The van der Waals surface area contributed by atoms with Crippen molar-refractivity contribution in [2.75, 3.05) is 24.2 Å². The molecular weight excluding hydrogens is 330 g/mol. The number of nitrogens with one attached hydrogen (secondary N) is 1. The molecule has 0 saturated heterocycles. The number of methoxy groups -OCH3 is 1. The molecule has 0 amide bonds. The summed E-state index contributed by atoms with van der Waals surface area (Å²) in [7, 11) is -2.01.